The molecular formula is C22H31BrN2O4. The number of likely N-dealkylation sites (tertiary alicyclic amines) is 1. The Morgan fingerprint density at radius 2 is 1.62 bits per heavy atom. The Bertz CT molecular complexity index is 825. The Kier molecular flexibility index (Phi) is 5.67. The molecule has 0 aromatic heterocycles. The van der Waals surface area contributed by atoms with E-state index < -0.39 is 11.2 Å². The maximum absolute atomic E-state index is 13.1. The van der Waals surface area contributed by atoms with Crippen LogP contribution in [0.1, 0.15) is 65.0 Å². The number of benzene rings is 1. The van der Waals surface area contributed by atoms with E-state index >= 15 is 0 Å². The molecule has 2 aliphatic rings. The second-order valence-corrected chi connectivity index (χ2v) is 10.8. The predicted molar refractivity (Wildman–Crippen MR) is 117 cm³/mol. The summed E-state index contributed by atoms with van der Waals surface area (Å²) in [4.78, 5) is 29.3. The number of fused-ring (bicyclic) bond motifs is 3. The highest BCUT2D eigenvalue weighted by molar-refractivity contribution is 9.10. The van der Waals surface area contributed by atoms with Crippen LogP contribution in [0.3, 0.4) is 0 Å². The van der Waals surface area contributed by atoms with E-state index in [1.807, 2.05) is 54.5 Å². The quantitative estimate of drug-likeness (QED) is 0.498. The Balaban J connectivity index is 1.94. The Morgan fingerprint density at radius 3 is 2.21 bits per heavy atom. The van der Waals surface area contributed by atoms with Crippen molar-refractivity contribution in [3.8, 4) is 0 Å². The third kappa shape index (κ3) is 4.71. The first kappa shape index (κ1) is 21.9. The molecule has 0 radical (unpaired) electrons. The zero-order chi connectivity index (χ0) is 21.7. The molecule has 1 unspecified atom stereocenters. The number of anilines is 1. The van der Waals surface area contributed by atoms with Crippen molar-refractivity contribution in [2.75, 3.05) is 18.0 Å². The third-order valence-corrected chi connectivity index (χ3v) is 5.54. The number of halogens is 1. The number of hydrogen-bond acceptors (Lipinski definition) is 4. The molecule has 3 rings (SSSR count). The van der Waals surface area contributed by atoms with Gasteiger partial charge < -0.3 is 14.4 Å². The zero-order valence-electron chi connectivity index (χ0n) is 18.3. The summed E-state index contributed by atoms with van der Waals surface area (Å²) >= 11 is 3.58. The number of carbonyl (C=O) groups excluding carboxylic acids is 2. The third-order valence-electron chi connectivity index (χ3n) is 5.08. The number of hydrogen-bond donors (Lipinski definition) is 0. The Hall–Kier alpha value is -1.76. The maximum Gasteiger partial charge on any atom is 0.415 e. The minimum Gasteiger partial charge on any atom is -0.444 e. The van der Waals surface area contributed by atoms with E-state index in [9.17, 15) is 9.59 Å². The maximum atomic E-state index is 13.1. The summed E-state index contributed by atoms with van der Waals surface area (Å²) in [7, 11) is 0. The van der Waals surface area contributed by atoms with Crippen LogP contribution in [0.5, 0.6) is 0 Å². The predicted octanol–water partition coefficient (Wildman–Crippen LogP) is 5.61. The van der Waals surface area contributed by atoms with Gasteiger partial charge in [0.1, 0.15) is 11.2 Å². The smallest absolute Gasteiger partial charge is 0.415 e. The van der Waals surface area contributed by atoms with E-state index in [2.05, 4.69) is 22.0 Å². The lowest BCUT2D eigenvalue weighted by Crippen LogP contribution is -2.51. The van der Waals surface area contributed by atoms with Crippen LogP contribution in [-0.2, 0) is 9.47 Å². The molecule has 1 saturated heterocycles. The number of amides is 2. The lowest BCUT2D eigenvalue weighted by atomic mass is 9.89. The van der Waals surface area contributed by atoms with Crippen molar-refractivity contribution in [2.45, 2.75) is 78.0 Å². The van der Waals surface area contributed by atoms with E-state index in [0.717, 1.165) is 21.3 Å². The molecule has 2 amide bonds. The lowest BCUT2D eigenvalue weighted by molar-refractivity contribution is 0.0185. The van der Waals surface area contributed by atoms with Crippen LogP contribution in [0, 0.1) is 6.92 Å². The van der Waals surface area contributed by atoms with Gasteiger partial charge >= 0.3 is 12.2 Å². The number of piperidine rings is 1. The van der Waals surface area contributed by atoms with Gasteiger partial charge in [0, 0.05) is 23.5 Å². The van der Waals surface area contributed by atoms with Crippen LogP contribution in [0.25, 0.3) is 0 Å². The second-order valence-electron chi connectivity index (χ2n) is 9.90. The van der Waals surface area contributed by atoms with Gasteiger partial charge in [-0.05, 0) is 78.1 Å². The average molecular weight is 467 g/mol. The second kappa shape index (κ2) is 7.49. The Labute approximate surface area is 181 Å². The van der Waals surface area contributed by atoms with Crippen molar-refractivity contribution in [3.05, 3.63) is 27.7 Å². The van der Waals surface area contributed by atoms with Gasteiger partial charge in [0.2, 0.25) is 0 Å². The summed E-state index contributed by atoms with van der Waals surface area (Å²) in [5, 5.41) is 0. The van der Waals surface area contributed by atoms with Crippen molar-refractivity contribution in [1.82, 2.24) is 4.90 Å². The standard InChI is InChI=1S/C22H31BrN2O4/c1-13-10-14(23)11-15-16-12-24(19(26)28-21(2,3)4)9-8-17(16)25(18(13)15)20(27)29-22(5,6)7/h10-11,16-17H,8-9,12H2,1-7H3/t16?,17-/m0/s1. The van der Waals surface area contributed by atoms with E-state index in [1.165, 1.54) is 0 Å². The van der Waals surface area contributed by atoms with Crippen LogP contribution in [0.4, 0.5) is 15.3 Å². The van der Waals surface area contributed by atoms with Crippen molar-refractivity contribution in [3.63, 3.8) is 0 Å². The molecule has 1 aromatic carbocycles. The van der Waals surface area contributed by atoms with Crippen molar-refractivity contribution in [1.29, 1.82) is 0 Å². The fourth-order valence-electron chi connectivity index (χ4n) is 4.12. The van der Waals surface area contributed by atoms with E-state index in [0.29, 0.717) is 19.5 Å². The minimum atomic E-state index is -0.574. The minimum absolute atomic E-state index is 0.0231. The van der Waals surface area contributed by atoms with Crippen LogP contribution < -0.4 is 4.90 Å². The van der Waals surface area contributed by atoms with Crippen molar-refractivity contribution >= 4 is 33.8 Å². The molecule has 29 heavy (non-hydrogen) atoms. The SMILES string of the molecule is Cc1cc(Br)cc2c1N(C(=O)OC(C)(C)C)[C@H]1CCN(C(=O)OC(C)(C)C)CC21. The molecule has 0 N–H and O–H groups in total. The first-order chi connectivity index (χ1) is 13.3. The van der Waals surface area contributed by atoms with E-state index in [4.69, 9.17) is 9.47 Å². The van der Waals surface area contributed by atoms with Crippen LogP contribution in [0.2, 0.25) is 0 Å². The van der Waals surface area contributed by atoms with Crippen molar-refractivity contribution in [2.24, 2.45) is 0 Å². The summed E-state index contributed by atoms with van der Waals surface area (Å²) < 4.78 is 12.3. The topological polar surface area (TPSA) is 59.1 Å². The summed E-state index contributed by atoms with van der Waals surface area (Å²) in [5.74, 6) is 0.0231. The molecule has 1 aromatic rings. The highest BCUT2D eigenvalue weighted by Gasteiger charge is 2.47. The van der Waals surface area contributed by atoms with Gasteiger partial charge in [-0.25, -0.2) is 9.59 Å². The molecule has 1 fully saturated rings. The summed E-state index contributed by atoms with van der Waals surface area (Å²) in [5.41, 5.74) is 1.88. The van der Waals surface area contributed by atoms with Gasteiger partial charge in [-0.1, -0.05) is 15.9 Å². The molecule has 160 valence electrons. The highest BCUT2D eigenvalue weighted by atomic mass is 79.9. The normalized spacial score (nSPS) is 21.5. The van der Waals surface area contributed by atoms with Crippen molar-refractivity contribution < 1.29 is 19.1 Å². The van der Waals surface area contributed by atoms with Gasteiger partial charge in [0.25, 0.3) is 0 Å². The molecular weight excluding hydrogens is 436 g/mol. The summed E-state index contributed by atoms with van der Waals surface area (Å²) in [6, 6.07) is 4.04. The first-order valence-corrected chi connectivity index (χ1v) is 10.9. The van der Waals surface area contributed by atoms with E-state index in [-0.39, 0.29) is 24.1 Å². The summed E-state index contributed by atoms with van der Waals surface area (Å²) in [6.45, 7) is 14.3. The van der Waals surface area contributed by atoms with Gasteiger partial charge in [-0.15, -0.1) is 0 Å². The number of ether oxygens (including phenoxy) is 2. The first-order valence-electron chi connectivity index (χ1n) is 10.1. The number of rotatable bonds is 0. The largest absolute Gasteiger partial charge is 0.444 e. The fraction of sp³-hybridized carbons (Fsp3) is 0.636. The van der Waals surface area contributed by atoms with Gasteiger partial charge in [0.05, 0.1) is 11.7 Å². The Morgan fingerprint density at radius 1 is 1.03 bits per heavy atom. The van der Waals surface area contributed by atoms with Gasteiger partial charge in [0.15, 0.2) is 0 Å². The molecule has 0 aliphatic carbocycles. The molecule has 2 heterocycles. The van der Waals surface area contributed by atoms with Gasteiger partial charge in [-0.3, -0.25) is 4.90 Å². The average Bonchev–Trinajstić information content (AvgIpc) is 2.85. The molecule has 7 heteroatoms. The highest BCUT2D eigenvalue weighted by Crippen LogP contribution is 2.48. The molecule has 0 spiro atoms. The molecule has 2 aliphatic heterocycles. The van der Waals surface area contributed by atoms with Crippen LogP contribution >= 0.6 is 15.9 Å². The number of carbonyl (C=O) groups is 2. The monoisotopic (exact) mass is 466 g/mol. The summed E-state index contributed by atoms with van der Waals surface area (Å²) in [6.07, 6.45) is 0.0388. The van der Waals surface area contributed by atoms with Crippen LogP contribution in [-0.4, -0.2) is 47.4 Å². The fourth-order valence-corrected chi connectivity index (χ4v) is 4.71. The van der Waals surface area contributed by atoms with Crippen LogP contribution in [0.15, 0.2) is 16.6 Å². The zero-order valence-corrected chi connectivity index (χ0v) is 19.9. The molecule has 2 atom stereocenters. The number of aryl methyl sites for hydroxylation is 1. The lowest BCUT2D eigenvalue weighted by Gasteiger charge is -2.38. The molecule has 0 saturated carbocycles. The molecule has 0 bridgehead atoms. The molecule has 6 nitrogen and oxygen atoms in total. The number of nitrogens with zero attached hydrogens (tertiary/aromatic N) is 2. The van der Waals surface area contributed by atoms with E-state index in [1.54, 1.807) is 9.80 Å². The van der Waals surface area contributed by atoms with Gasteiger partial charge in [-0.2, -0.15) is 0 Å².